The molecule has 0 saturated heterocycles. The van der Waals surface area contributed by atoms with Gasteiger partial charge in [0.25, 0.3) is 5.56 Å². The molecule has 130 valence electrons. The van der Waals surface area contributed by atoms with E-state index < -0.39 is 0 Å². The number of ether oxygens (including phenoxy) is 1. The zero-order valence-corrected chi connectivity index (χ0v) is 14.6. The second-order valence-corrected chi connectivity index (χ2v) is 6.12. The molecule has 0 spiro atoms. The van der Waals surface area contributed by atoms with Crippen molar-refractivity contribution >= 4 is 11.0 Å². The molecule has 4 rings (SSSR count). The van der Waals surface area contributed by atoms with Crippen LogP contribution in [0, 0.1) is 6.92 Å². The number of fused-ring (bicyclic) bond motifs is 1. The summed E-state index contributed by atoms with van der Waals surface area (Å²) in [6.07, 6.45) is 3.13. The third kappa shape index (κ3) is 2.75. The van der Waals surface area contributed by atoms with Crippen LogP contribution in [0.2, 0.25) is 0 Å². The van der Waals surface area contributed by atoms with E-state index in [1.807, 2.05) is 55.5 Å². The number of aryl methyl sites for hydroxylation is 1. The number of benzene rings is 2. The molecule has 0 bridgehead atoms. The summed E-state index contributed by atoms with van der Waals surface area (Å²) < 4.78 is 8.66. The van der Waals surface area contributed by atoms with Crippen LogP contribution < -0.4 is 10.3 Å². The Bertz CT molecular complexity index is 1130. The number of hydrogen-bond donors (Lipinski definition) is 0. The first-order valence-electron chi connectivity index (χ1n) is 8.29. The lowest BCUT2D eigenvalue weighted by Crippen LogP contribution is -2.21. The first-order valence-corrected chi connectivity index (χ1v) is 8.29. The second-order valence-electron chi connectivity index (χ2n) is 6.12. The fourth-order valence-electron chi connectivity index (χ4n) is 3.03. The Kier molecular flexibility index (Phi) is 4.01. The molecule has 0 amide bonds. The van der Waals surface area contributed by atoms with Gasteiger partial charge in [0, 0.05) is 5.56 Å². The molecule has 0 radical (unpaired) electrons. The van der Waals surface area contributed by atoms with Crippen molar-refractivity contribution in [1.82, 2.24) is 19.3 Å². The second kappa shape index (κ2) is 6.48. The number of hydrogen-bond acceptors (Lipinski definition) is 4. The van der Waals surface area contributed by atoms with Crippen LogP contribution in [-0.2, 0) is 6.54 Å². The molecule has 0 fully saturated rings. The first kappa shape index (κ1) is 16.1. The van der Waals surface area contributed by atoms with Gasteiger partial charge in [-0.2, -0.15) is 5.10 Å². The molecule has 0 aliphatic heterocycles. The van der Waals surface area contributed by atoms with Crippen LogP contribution in [0.1, 0.15) is 11.1 Å². The van der Waals surface area contributed by atoms with Crippen molar-refractivity contribution in [1.29, 1.82) is 0 Å². The van der Waals surface area contributed by atoms with E-state index in [0.717, 1.165) is 22.6 Å². The summed E-state index contributed by atoms with van der Waals surface area (Å²) in [6.45, 7) is 2.40. The van der Waals surface area contributed by atoms with Gasteiger partial charge in [0.05, 0.1) is 25.5 Å². The molecule has 0 saturated carbocycles. The average molecular weight is 346 g/mol. The Balaban J connectivity index is 1.78. The molecule has 26 heavy (non-hydrogen) atoms. The Hall–Kier alpha value is -3.41. The molecule has 0 aliphatic rings. The number of para-hydroxylation sites is 1. The van der Waals surface area contributed by atoms with Crippen LogP contribution in [0.15, 0.2) is 65.8 Å². The van der Waals surface area contributed by atoms with E-state index in [9.17, 15) is 4.79 Å². The van der Waals surface area contributed by atoms with Crippen LogP contribution in [0.3, 0.4) is 0 Å². The molecule has 0 unspecified atom stereocenters. The summed E-state index contributed by atoms with van der Waals surface area (Å²) in [7, 11) is 1.63. The molecule has 2 heterocycles. The topological polar surface area (TPSA) is 61.9 Å². The fraction of sp³-hybridized carbons (Fsp3) is 0.150. The van der Waals surface area contributed by atoms with Gasteiger partial charge >= 0.3 is 0 Å². The number of rotatable bonds is 4. The Morgan fingerprint density at radius 2 is 1.92 bits per heavy atom. The molecule has 0 N–H and O–H groups in total. The Labute approximate surface area is 150 Å². The highest BCUT2D eigenvalue weighted by molar-refractivity contribution is 5.74. The minimum atomic E-state index is -0.124. The first-order chi connectivity index (χ1) is 12.7. The lowest BCUT2D eigenvalue weighted by molar-refractivity contribution is 0.408. The third-order valence-corrected chi connectivity index (χ3v) is 4.33. The lowest BCUT2D eigenvalue weighted by Gasteiger charge is -2.11. The van der Waals surface area contributed by atoms with Crippen LogP contribution >= 0.6 is 0 Å². The van der Waals surface area contributed by atoms with Gasteiger partial charge in [-0.1, -0.05) is 35.9 Å². The maximum atomic E-state index is 12.9. The highest BCUT2D eigenvalue weighted by atomic mass is 16.5. The smallest absolute Gasteiger partial charge is 0.264 e. The van der Waals surface area contributed by atoms with Crippen molar-refractivity contribution in [2.45, 2.75) is 13.5 Å². The van der Waals surface area contributed by atoms with E-state index >= 15 is 0 Å². The van der Waals surface area contributed by atoms with Crippen molar-refractivity contribution in [3.05, 3.63) is 82.5 Å². The number of nitrogens with zero attached hydrogens (tertiary/aromatic N) is 4. The predicted octanol–water partition coefficient (Wildman–Crippen LogP) is 2.95. The van der Waals surface area contributed by atoms with Crippen molar-refractivity contribution in [3.8, 4) is 11.4 Å². The lowest BCUT2D eigenvalue weighted by atomic mass is 10.1. The van der Waals surface area contributed by atoms with Gasteiger partial charge in [0.2, 0.25) is 0 Å². The molecule has 4 aromatic rings. The molecular formula is C20H18N4O2. The normalized spacial score (nSPS) is 11.0. The van der Waals surface area contributed by atoms with Crippen molar-refractivity contribution in [2.75, 3.05) is 7.11 Å². The van der Waals surface area contributed by atoms with E-state index in [4.69, 9.17) is 4.74 Å². The standard InChI is InChI=1S/C20H18N4O2/c1-14-8-9-18(26-2)15(10-14)12-23-13-21-19-17(20(23)25)11-22-24(19)16-6-4-3-5-7-16/h3-11,13H,12H2,1-2H3. The molecule has 0 aliphatic carbocycles. The quantitative estimate of drug-likeness (QED) is 0.570. The molecule has 6 heteroatoms. The summed E-state index contributed by atoms with van der Waals surface area (Å²) in [6, 6.07) is 15.6. The average Bonchev–Trinajstić information content (AvgIpc) is 3.10. The molecule has 2 aromatic heterocycles. The van der Waals surface area contributed by atoms with Crippen LogP contribution in [0.25, 0.3) is 16.7 Å². The van der Waals surface area contributed by atoms with E-state index in [1.165, 1.54) is 0 Å². The zero-order valence-electron chi connectivity index (χ0n) is 14.6. The monoisotopic (exact) mass is 346 g/mol. The van der Waals surface area contributed by atoms with Gasteiger partial charge in [0.1, 0.15) is 17.5 Å². The van der Waals surface area contributed by atoms with E-state index in [2.05, 4.69) is 10.1 Å². The zero-order chi connectivity index (χ0) is 18.1. The van der Waals surface area contributed by atoms with Gasteiger partial charge in [-0.25, -0.2) is 9.67 Å². The van der Waals surface area contributed by atoms with Gasteiger partial charge in [-0.05, 0) is 25.1 Å². The summed E-state index contributed by atoms with van der Waals surface area (Å²) in [5, 5.41) is 4.83. The van der Waals surface area contributed by atoms with Gasteiger partial charge in [0.15, 0.2) is 5.65 Å². The minimum Gasteiger partial charge on any atom is -0.496 e. The number of aromatic nitrogens is 4. The van der Waals surface area contributed by atoms with Crippen molar-refractivity contribution in [3.63, 3.8) is 0 Å². The van der Waals surface area contributed by atoms with Crippen LogP contribution in [0.4, 0.5) is 0 Å². The predicted molar refractivity (Wildman–Crippen MR) is 100.0 cm³/mol. The molecule has 0 atom stereocenters. The van der Waals surface area contributed by atoms with Crippen LogP contribution in [-0.4, -0.2) is 26.4 Å². The fourth-order valence-corrected chi connectivity index (χ4v) is 3.03. The van der Waals surface area contributed by atoms with Gasteiger partial charge in [-0.3, -0.25) is 9.36 Å². The maximum Gasteiger partial charge on any atom is 0.264 e. The summed E-state index contributed by atoms with van der Waals surface area (Å²) in [5.41, 5.74) is 3.34. The SMILES string of the molecule is COc1ccc(C)cc1Cn1cnc2c(cnn2-c2ccccc2)c1=O. The molecule has 6 nitrogen and oxygen atoms in total. The maximum absolute atomic E-state index is 12.9. The summed E-state index contributed by atoms with van der Waals surface area (Å²) in [4.78, 5) is 17.4. The van der Waals surface area contributed by atoms with Gasteiger partial charge < -0.3 is 4.74 Å². The number of methoxy groups -OCH3 is 1. The summed E-state index contributed by atoms with van der Waals surface area (Å²) >= 11 is 0. The van der Waals surface area contributed by atoms with Crippen LogP contribution in [0.5, 0.6) is 5.75 Å². The minimum absolute atomic E-state index is 0.124. The van der Waals surface area contributed by atoms with Crippen molar-refractivity contribution < 1.29 is 4.74 Å². The largest absolute Gasteiger partial charge is 0.496 e. The van der Waals surface area contributed by atoms with Crippen molar-refractivity contribution in [2.24, 2.45) is 0 Å². The highest BCUT2D eigenvalue weighted by Crippen LogP contribution is 2.20. The Morgan fingerprint density at radius 3 is 2.69 bits per heavy atom. The Morgan fingerprint density at radius 1 is 1.12 bits per heavy atom. The van der Waals surface area contributed by atoms with E-state index in [-0.39, 0.29) is 5.56 Å². The third-order valence-electron chi connectivity index (χ3n) is 4.33. The van der Waals surface area contributed by atoms with Gasteiger partial charge in [-0.15, -0.1) is 0 Å². The molecular weight excluding hydrogens is 328 g/mol. The molecule has 2 aromatic carbocycles. The van der Waals surface area contributed by atoms with E-state index in [0.29, 0.717) is 17.6 Å². The van der Waals surface area contributed by atoms with E-state index in [1.54, 1.807) is 28.9 Å². The summed E-state index contributed by atoms with van der Waals surface area (Å²) in [5.74, 6) is 0.752. The highest BCUT2D eigenvalue weighted by Gasteiger charge is 2.13.